The molecule has 9 nitrogen and oxygen atoms in total. The fourth-order valence-corrected chi connectivity index (χ4v) is 6.61. The first-order valence-electron chi connectivity index (χ1n) is 12.0. The Morgan fingerprint density at radius 1 is 1.25 bits per heavy atom. The normalized spacial score (nSPS) is 20.9. The van der Waals surface area contributed by atoms with Crippen LogP contribution in [-0.2, 0) is 35.1 Å². The van der Waals surface area contributed by atoms with E-state index in [9.17, 15) is 14.4 Å². The number of carbonyl (C=O) groups excluding carboxylic acids is 3. The van der Waals surface area contributed by atoms with Gasteiger partial charge in [-0.1, -0.05) is 18.2 Å². The van der Waals surface area contributed by atoms with Crippen LogP contribution in [-0.4, -0.2) is 57.1 Å². The number of hydrogen-bond donors (Lipinski definition) is 1. The lowest BCUT2D eigenvalue weighted by Crippen LogP contribution is -2.45. The Kier molecular flexibility index (Phi) is 5.18. The first-order chi connectivity index (χ1) is 17.3. The summed E-state index contributed by atoms with van der Waals surface area (Å²) >= 11 is 1.62. The maximum atomic E-state index is 13.6. The second-order valence-electron chi connectivity index (χ2n) is 9.70. The van der Waals surface area contributed by atoms with E-state index >= 15 is 0 Å². The second kappa shape index (κ2) is 8.19. The zero-order valence-corrected chi connectivity index (χ0v) is 21.3. The lowest BCUT2D eigenvalue weighted by Gasteiger charge is -2.24. The summed E-state index contributed by atoms with van der Waals surface area (Å²) in [6, 6.07) is 5.42. The Labute approximate surface area is 212 Å². The van der Waals surface area contributed by atoms with Gasteiger partial charge in [0.25, 0.3) is 5.91 Å². The molecule has 4 amide bonds. The van der Waals surface area contributed by atoms with Gasteiger partial charge in [0, 0.05) is 29.2 Å². The van der Waals surface area contributed by atoms with Crippen molar-refractivity contribution in [3.05, 3.63) is 57.0 Å². The zero-order valence-electron chi connectivity index (χ0n) is 20.5. The number of nitrogens with one attached hydrogen (secondary N) is 1. The summed E-state index contributed by atoms with van der Waals surface area (Å²) in [5, 5.41) is 7.16. The van der Waals surface area contributed by atoms with Crippen LogP contribution >= 0.6 is 11.3 Å². The molecule has 1 saturated heterocycles. The number of fused-ring (bicyclic) bond motifs is 3. The molecule has 2 aliphatic heterocycles. The standard InChI is InChI=1S/C26H27N5O4S/c1-15-16(2)36-21-13-30(8-9-35-23(15)21)22(32)14-31-24(33)26(28-25(31)34)7-6-18-10-17(4-5-20(18)26)19-11-27-29(3)12-19/h4-5,10-12H,6-9,13-14H2,1-3H3,(H,28,34)/t26-/m0/s1. The van der Waals surface area contributed by atoms with Crippen LogP contribution in [0.3, 0.4) is 0 Å². The highest BCUT2D eigenvalue weighted by Crippen LogP contribution is 2.43. The average Bonchev–Trinajstić information content (AvgIpc) is 3.53. The van der Waals surface area contributed by atoms with Gasteiger partial charge >= 0.3 is 6.03 Å². The van der Waals surface area contributed by atoms with E-state index in [1.165, 1.54) is 0 Å². The Balaban J connectivity index is 1.22. The molecule has 186 valence electrons. The number of ether oxygens (including phenoxy) is 1. The number of nitrogens with zero attached hydrogens (tertiary/aromatic N) is 4. The van der Waals surface area contributed by atoms with Crippen LogP contribution in [0.5, 0.6) is 5.75 Å². The molecule has 0 saturated carbocycles. The first-order valence-corrected chi connectivity index (χ1v) is 12.8. The quantitative estimate of drug-likeness (QED) is 0.552. The van der Waals surface area contributed by atoms with Gasteiger partial charge in [-0.25, -0.2) is 4.79 Å². The third-order valence-corrected chi connectivity index (χ3v) is 8.71. The van der Waals surface area contributed by atoms with E-state index in [4.69, 9.17) is 4.74 Å². The number of amides is 4. The molecule has 6 rings (SSSR count). The molecule has 4 heterocycles. The first kappa shape index (κ1) is 22.8. The van der Waals surface area contributed by atoms with E-state index in [-0.39, 0.29) is 18.4 Å². The predicted molar refractivity (Wildman–Crippen MR) is 134 cm³/mol. The lowest BCUT2D eigenvalue weighted by molar-refractivity contribution is -0.139. The Morgan fingerprint density at radius 2 is 2.08 bits per heavy atom. The molecule has 1 aliphatic carbocycles. The minimum absolute atomic E-state index is 0.263. The number of rotatable bonds is 3. The molecule has 1 atom stereocenters. The van der Waals surface area contributed by atoms with Crippen LogP contribution < -0.4 is 10.1 Å². The van der Waals surface area contributed by atoms with Crippen LogP contribution in [0.2, 0.25) is 0 Å². The molecule has 1 N–H and O–H groups in total. The summed E-state index contributed by atoms with van der Waals surface area (Å²) in [4.78, 5) is 44.8. The van der Waals surface area contributed by atoms with Gasteiger partial charge in [-0.05, 0) is 43.4 Å². The van der Waals surface area contributed by atoms with Gasteiger partial charge in [0.15, 0.2) is 0 Å². The van der Waals surface area contributed by atoms with Crippen molar-refractivity contribution in [1.82, 2.24) is 24.9 Å². The van der Waals surface area contributed by atoms with Crippen molar-refractivity contribution in [2.24, 2.45) is 7.05 Å². The highest BCUT2D eigenvalue weighted by atomic mass is 32.1. The number of urea groups is 1. The smallest absolute Gasteiger partial charge is 0.325 e. The molecule has 1 aromatic carbocycles. The van der Waals surface area contributed by atoms with E-state index in [0.717, 1.165) is 48.2 Å². The van der Waals surface area contributed by atoms with E-state index < -0.39 is 11.6 Å². The Hall–Kier alpha value is -3.66. The van der Waals surface area contributed by atoms with Crippen molar-refractivity contribution in [3.8, 4) is 16.9 Å². The van der Waals surface area contributed by atoms with Crippen molar-refractivity contribution in [3.63, 3.8) is 0 Å². The third kappa shape index (κ3) is 3.42. The highest BCUT2D eigenvalue weighted by molar-refractivity contribution is 7.12. The number of carbonyl (C=O) groups is 3. The summed E-state index contributed by atoms with van der Waals surface area (Å²) in [5.74, 6) is 0.235. The number of aryl methyl sites for hydroxylation is 3. The largest absolute Gasteiger partial charge is 0.490 e. The summed E-state index contributed by atoms with van der Waals surface area (Å²) in [5.41, 5.74) is 3.84. The minimum Gasteiger partial charge on any atom is -0.490 e. The maximum absolute atomic E-state index is 13.6. The van der Waals surface area contributed by atoms with Crippen molar-refractivity contribution >= 4 is 29.2 Å². The lowest BCUT2D eigenvalue weighted by atomic mass is 9.90. The van der Waals surface area contributed by atoms with Gasteiger partial charge in [-0.15, -0.1) is 11.3 Å². The topological polar surface area (TPSA) is 96.8 Å². The number of aromatic nitrogens is 2. The molecular formula is C26H27N5O4S. The van der Waals surface area contributed by atoms with Gasteiger partial charge < -0.3 is 15.0 Å². The highest BCUT2D eigenvalue weighted by Gasteiger charge is 2.55. The van der Waals surface area contributed by atoms with Gasteiger partial charge in [-0.3, -0.25) is 19.2 Å². The molecule has 10 heteroatoms. The Bertz CT molecular complexity index is 1430. The molecule has 36 heavy (non-hydrogen) atoms. The van der Waals surface area contributed by atoms with Gasteiger partial charge in [-0.2, -0.15) is 5.10 Å². The molecule has 3 aromatic rings. The van der Waals surface area contributed by atoms with Gasteiger partial charge in [0.05, 0.1) is 24.2 Å². The van der Waals surface area contributed by atoms with E-state index in [1.54, 1.807) is 27.1 Å². The minimum atomic E-state index is -1.11. The SMILES string of the molecule is Cc1sc2c(c1C)OCCN(C(=O)CN1C(=O)N[C@]3(CCc4cc(-c5cnn(C)c5)ccc43)C1=O)C2. The maximum Gasteiger partial charge on any atom is 0.325 e. The zero-order chi connectivity index (χ0) is 25.2. The van der Waals surface area contributed by atoms with E-state index in [0.29, 0.717) is 32.5 Å². The van der Waals surface area contributed by atoms with Crippen molar-refractivity contribution in [2.75, 3.05) is 19.7 Å². The van der Waals surface area contributed by atoms with Crippen LogP contribution in [0, 0.1) is 13.8 Å². The number of benzene rings is 1. The molecule has 3 aliphatic rings. The Morgan fingerprint density at radius 3 is 2.86 bits per heavy atom. The van der Waals surface area contributed by atoms with Crippen molar-refractivity contribution in [2.45, 2.75) is 38.8 Å². The molecule has 1 fully saturated rings. The van der Waals surface area contributed by atoms with Crippen LogP contribution in [0.25, 0.3) is 11.1 Å². The number of thiophene rings is 1. The fraction of sp³-hybridized carbons (Fsp3) is 0.385. The van der Waals surface area contributed by atoms with Gasteiger partial charge in [0.1, 0.15) is 24.4 Å². The van der Waals surface area contributed by atoms with Crippen LogP contribution in [0.4, 0.5) is 4.79 Å². The molecule has 0 unspecified atom stereocenters. The summed E-state index contributed by atoms with van der Waals surface area (Å²) in [7, 11) is 1.87. The molecule has 0 bridgehead atoms. The van der Waals surface area contributed by atoms with Crippen LogP contribution in [0.15, 0.2) is 30.6 Å². The second-order valence-corrected chi connectivity index (χ2v) is 11.0. The summed E-state index contributed by atoms with van der Waals surface area (Å²) in [6.45, 7) is 4.99. The van der Waals surface area contributed by atoms with Crippen molar-refractivity contribution in [1.29, 1.82) is 0 Å². The number of hydrogen-bond acceptors (Lipinski definition) is 6. The van der Waals surface area contributed by atoms with Crippen LogP contribution in [0.1, 0.15) is 32.9 Å². The summed E-state index contributed by atoms with van der Waals surface area (Å²) < 4.78 is 7.65. The molecule has 1 spiro atoms. The molecular weight excluding hydrogens is 478 g/mol. The summed E-state index contributed by atoms with van der Waals surface area (Å²) in [6.07, 6.45) is 4.89. The average molecular weight is 506 g/mol. The van der Waals surface area contributed by atoms with E-state index in [2.05, 4.69) is 16.5 Å². The third-order valence-electron chi connectivity index (χ3n) is 7.53. The predicted octanol–water partition coefficient (Wildman–Crippen LogP) is 2.88. The molecule has 2 aromatic heterocycles. The fourth-order valence-electron chi connectivity index (χ4n) is 5.47. The monoisotopic (exact) mass is 505 g/mol. The van der Waals surface area contributed by atoms with Crippen molar-refractivity contribution < 1.29 is 19.1 Å². The van der Waals surface area contributed by atoms with E-state index in [1.807, 2.05) is 39.2 Å². The van der Waals surface area contributed by atoms with Gasteiger partial charge in [0.2, 0.25) is 5.91 Å². The molecule has 0 radical (unpaired) electrons. The number of imide groups is 1.